The van der Waals surface area contributed by atoms with Crippen molar-refractivity contribution < 1.29 is 9.53 Å². The van der Waals surface area contributed by atoms with Crippen LogP contribution in [0.25, 0.3) is 0 Å². The molecule has 2 bridgehead atoms. The number of rotatable bonds is 8. The third-order valence-electron chi connectivity index (χ3n) is 5.88. The Hall–Kier alpha value is -1.79. The molecule has 0 aromatic heterocycles. The molecule has 3 aliphatic heterocycles. The van der Waals surface area contributed by atoms with Crippen LogP contribution in [0.15, 0.2) is 24.3 Å². The van der Waals surface area contributed by atoms with Crippen LogP contribution in [0.1, 0.15) is 32.3 Å². The lowest BCUT2D eigenvalue weighted by molar-refractivity contribution is 0.170. The van der Waals surface area contributed by atoms with Gasteiger partial charge in [0.1, 0.15) is 12.4 Å². The van der Waals surface area contributed by atoms with Gasteiger partial charge in [0.15, 0.2) is 0 Å². The van der Waals surface area contributed by atoms with E-state index in [0.717, 1.165) is 70.0 Å². The number of nitrogens with one attached hydrogen (secondary N) is 1. The van der Waals surface area contributed by atoms with Crippen LogP contribution in [-0.4, -0.2) is 79.2 Å². The Labute approximate surface area is 163 Å². The summed E-state index contributed by atoms with van der Waals surface area (Å²) >= 11 is 0. The van der Waals surface area contributed by atoms with Gasteiger partial charge in [0.05, 0.1) is 0 Å². The lowest BCUT2D eigenvalue weighted by atomic mass is 10.1. The number of fused-ring (bicyclic) bond motifs is 4. The summed E-state index contributed by atoms with van der Waals surface area (Å²) in [5.41, 5.74) is 1.04. The van der Waals surface area contributed by atoms with Crippen molar-refractivity contribution in [2.24, 2.45) is 0 Å². The third-order valence-corrected chi connectivity index (χ3v) is 5.88. The maximum atomic E-state index is 12.8. The van der Waals surface area contributed by atoms with Gasteiger partial charge in [0.25, 0.3) is 0 Å². The summed E-state index contributed by atoms with van der Waals surface area (Å²) in [7, 11) is 0. The van der Waals surface area contributed by atoms with Gasteiger partial charge in [-0.1, -0.05) is 32.0 Å². The molecule has 150 valence electrons. The van der Waals surface area contributed by atoms with Crippen molar-refractivity contribution in [3.05, 3.63) is 29.8 Å². The zero-order chi connectivity index (χ0) is 19.1. The second-order valence-electron chi connectivity index (χ2n) is 7.41. The Balaban J connectivity index is 1.52. The Morgan fingerprint density at radius 2 is 1.89 bits per heavy atom. The quantitative estimate of drug-likeness (QED) is 0.759. The number of hydrogen-bond donors (Lipinski definition) is 1. The second kappa shape index (κ2) is 9.95. The van der Waals surface area contributed by atoms with E-state index in [0.29, 0.717) is 19.2 Å². The Morgan fingerprint density at radius 1 is 1.15 bits per heavy atom. The molecule has 3 fully saturated rings. The van der Waals surface area contributed by atoms with E-state index in [-0.39, 0.29) is 6.03 Å². The van der Waals surface area contributed by atoms with Gasteiger partial charge in [0.2, 0.25) is 0 Å². The monoisotopic (exact) mass is 374 g/mol. The largest absolute Gasteiger partial charge is 0.492 e. The fraction of sp³-hybridized carbons (Fsp3) is 0.667. The first-order valence-electron chi connectivity index (χ1n) is 10.4. The van der Waals surface area contributed by atoms with E-state index in [1.54, 1.807) is 0 Å². The molecule has 0 aliphatic carbocycles. The number of para-hydroxylation sites is 1. The summed E-state index contributed by atoms with van der Waals surface area (Å²) in [6.07, 6.45) is 2.19. The van der Waals surface area contributed by atoms with Gasteiger partial charge in [-0.3, -0.25) is 0 Å². The zero-order valence-electron chi connectivity index (χ0n) is 16.8. The van der Waals surface area contributed by atoms with Crippen molar-refractivity contribution >= 4 is 6.03 Å². The van der Waals surface area contributed by atoms with Crippen LogP contribution in [0.5, 0.6) is 5.75 Å². The van der Waals surface area contributed by atoms with Gasteiger partial charge in [-0.2, -0.15) is 0 Å². The average Bonchev–Trinajstić information content (AvgIpc) is 3.04. The van der Waals surface area contributed by atoms with Crippen LogP contribution in [0.2, 0.25) is 0 Å². The molecule has 4 rings (SSSR count). The van der Waals surface area contributed by atoms with Crippen molar-refractivity contribution in [3.8, 4) is 5.75 Å². The Morgan fingerprint density at radius 3 is 2.63 bits per heavy atom. The maximum Gasteiger partial charge on any atom is 0.317 e. The normalized spacial score (nSPS) is 22.0. The smallest absolute Gasteiger partial charge is 0.317 e. The molecule has 0 spiro atoms. The minimum absolute atomic E-state index is 0.0571. The number of nitrogens with zero attached hydrogens (tertiary/aromatic N) is 3. The average molecular weight is 375 g/mol. The van der Waals surface area contributed by atoms with Crippen molar-refractivity contribution in [1.82, 2.24) is 20.0 Å². The van der Waals surface area contributed by atoms with Crippen LogP contribution in [-0.2, 0) is 6.54 Å². The van der Waals surface area contributed by atoms with E-state index >= 15 is 0 Å². The highest BCUT2D eigenvalue weighted by Gasteiger charge is 2.31. The summed E-state index contributed by atoms with van der Waals surface area (Å²) in [5, 5.41) is 3.12. The summed E-state index contributed by atoms with van der Waals surface area (Å²) in [5.74, 6) is 0.868. The van der Waals surface area contributed by atoms with E-state index in [1.807, 2.05) is 29.2 Å². The van der Waals surface area contributed by atoms with Crippen molar-refractivity contribution in [2.45, 2.75) is 39.3 Å². The summed E-state index contributed by atoms with van der Waals surface area (Å²) in [6, 6.07) is 8.46. The molecular weight excluding hydrogens is 340 g/mol. The van der Waals surface area contributed by atoms with Crippen LogP contribution < -0.4 is 10.1 Å². The van der Waals surface area contributed by atoms with Crippen molar-refractivity contribution in [1.29, 1.82) is 0 Å². The molecule has 2 amide bonds. The number of ether oxygens (including phenoxy) is 1. The molecule has 3 heterocycles. The SMILES string of the molecule is CCN(CC)CCOc1ccccc1CNC(=O)N1CCN2CCC1CC2. The van der Waals surface area contributed by atoms with Crippen molar-refractivity contribution in [3.63, 3.8) is 0 Å². The highest BCUT2D eigenvalue weighted by Crippen LogP contribution is 2.21. The Kier molecular flexibility index (Phi) is 7.35. The van der Waals surface area contributed by atoms with Gasteiger partial charge in [-0.25, -0.2) is 4.79 Å². The molecule has 6 nitrogen and oxygen atoms in total. The molecule has 0 radical (unpaired) electrons. The van der Waals surface area contributed by atoms with E-state index < -0.39 is 0 Å². The first kappa shape index (κ1) is 20.0. The fourth-order valence-electron chi connectivity index (χ4n) is 4.04. The highest BCUT2D eigenvalue weighted by molar-refractivity contribution is 5.74. The van der Waals surface area contributed by atoms with E-state index in [2.05, 4.69) is 29.0 Å². The number of benzene rings is 1. The summed E-state index contributed by atoms with van der Waals surface area (Å²) in [6.45, 7) is 12.6. The predicted octanol–water partition coefficient (Wildman–Crippen LogP) is 2.40. The van der Waals surface area contributed by atoms with E-state index in [9.17, 15) is 4.79 Å². The topological polar surface area (TPSA) is 48.1 Å². The second-order valence-corrected chi connectivity index (χ2v) is 7.41. The fourth-order valence-corrected chi connectivity index (χ4v) is 4.04. The molecule has 0 atom stereocenters. The minimum Gasteiger partial charge on any atom is -0.492 e. The van der Waals surface area contributed by atoms with Crippen LogP contribution >= 0.6 is 0 Å². The van der Waals surface area contributed by atoms with E-state index in [1.165, 1.54) is 0 Å². The number of carbonyl (C=O) groups is 1. The van der Waals surface area contributed by atoms with Gasteiger partial charge in [-0.15, -0.1) is 0 Å². The molecule has 3 saturated heterocycles. The van der Waals surface area contributed by atoms with Crippen LogP contribution in [0.4, 0.5) is 4.79 Å². The van der Waals surface area contributed by atoms with Gasteiger partial charge in [-0.05, 0) is 32.0 Å². The molecule has 3 aliphatic rings. The number of urea groups is 1. The first-order valence-corrected chi connectivity index (χ1v) is 10.4. The molecule has 6 heteroatoms. The molecule has 0 saturated carbocycles. The Bertz CT molecular complexity index is 598. The van der Waals surface area contributed by atoms with Crippen molar-refractivity contribution in [2.75, 3.05) is 52.4 Å². The summed E-state index contributed by atoms with van der Waals surface area (Å²) in [4.78, 5) is 19.6. The predicted molar refractivity (Wildman–Crippen MR) is 108 cm³/mol. The van der Waals surface area contributed by atoms with Crippen LogP contribution in [0, 0.1) is 0 Å². The maximum absolute atomic E-state index is 12.8. The zero-order valence-corrected chi connectivity index (χ0v) is 16.8. The number of likely N-dealkylation sites (N-methyl/N-ethyl adjacent to an activating group) is 1. The molecule has 1 aromatic carbocycles. The van der Waals surface area contributed by atoms with E-state index in [4.69, 9.17) is 4.74 Å². The number of hydrogen-bond acceptors (Lipinski definition) is 4. The molecule has 1 aromatic rings. The standard InChI is InChI=1S/C21H34N4O2/c1-3-23(4-2)15-16-27-20-8-6-5-7-18(20)17-22-21(26)25-14-13-24-11-9-19(25)10-12-24/h5-8,19H,3-4,9-17H2,1-2H3,(H,22,26). The number of carbonyl (C=O) groups excluding carboxylic acids is 1. The number of piperidine rings is 1. The molecule has 0 unspecified atom stereocenters. The molecular formula is C21H34N4O2. The third kappa shape index (κ3) is 5.36. The lowest BCUT2D eigenvalue weighted by Crippen LogP contribution is -2.46. The molecule has 1 N–H and O–H groups in total. The highest BCUT2D eigenvalue weighted by atomic mass is 16.5. The number of amides is 2. The lowest BCUT2D eigenvalue weighted by Gasteiger charge is -2.31. The van der Waals surface area contributed by atoms with Gasteiger partial charge in [0, 0.05) is 50.9 Å². The molecule has 27 heavy (non-hydrogen) atoms. The van der Waals surface area contributed by atoms with Gasteiger partial charge < -0.3 is 24.8 Å². The minimum atomic E-state index is 0.0571. The summed E-state index contributed by atoms with van der Waals surface area (Å²) < 4.78 is 6.00. The van der Waals surface area contributed by atoms with Crippen LogP contribution in [0.3, 0.4) is 0 Å². The first-order chi connectivity index (χ1) is 13.2. The van der Waals surface area contributed by atoms with Gasteiger partial charge >= 0.3 is 6.03 Å².